The first kappa shape index (κ1) is 12.9. The molecule has 1 saturated heterocycles. The number of methoxy groups -OCH3 is 1. The average molecular weight is 217 g/mol. The molecule has 90 valence electrons. The number of ether oxygens (including phenoxy) is 3. The number of rotatable bonds is 6. The van der Waals surface area contributed by atoms with E-state index in [0.717, 1.165) is 32.7 Å². The second kappa shape index (κ2) is 6.43. The van der Waals surface area contributed by atoms with Crippen molar-refractivity contribution in [2.75, 3.05) is 40.6 Å². The Balaban J connectivity index is 2.67. The molecule has 15 heavy (non-hydrogen) atoms. The summed E-state index contributed by atoms with van der Waals surface area (Å²) in [6, 6.07) is 0.242. The minimum atomic E-state index is -0.113. The summed E-state index contributed by atoms with van der Waals surface area (Å²) in [6.07, 6.45) is 1.88. The Kier molecular flexibility index (Phi) is 5.53. The van der Waals surface area contributed by atoms with Gasteiger partial charge in [0, 0.05) is 39.8 Å². The monoisotopic (exact) mass is 217 g/mol. The predicted molar refractivity (Wildman–Crippen MR) is 59.1 cm³/mol. The molecule has 0 radical (unpaired) electrons. The topological polar surface area (TPSA) is 39.7 Å². The number of hydrogen-bond donors (Lipinski definition) is 1. The quantitative estimate of drug-likeness (QED) is 0.714. The number of nitrogens with one attached hydrogen (secondary N) is 1. The van der Waals surface area contributed by atoms with Gasteiger partial charge in [0.25, 0.3) is 0 Å². The summed E-state index contributed by atoms with van der Waals surface area (Å²) >= 11 is 0. The maximum atomic E-state index is 5.95. The third-order valence-corrected chi connectivity index (χ3v) is 3.09. The highest BCUT2D eigenvalue weighted by molar-refractivity contribution is 4.94. The van der Waals surface area contributed by atoms with E-state index >= 15 is 0 Å². The first-order valence-electron chi connectivity index (χ1n) is 5.67. The third-order valence-electron chi connectivity index (χ3n) is 3.09. The van der Waals surface area contributed by atoms with Crippen LogP contribution in [0.5, 0.6) is 0 Å². The average Bonchev–Trinajstić information content (AvgIpc) is 2.27. The Bertz CT molecular complexity index is 164. The molecular weight excluding hydrogens is 194 g/mol. The molecule has 1 heterocycles. The molecule has 0 bridgehead atoms. The molecule has 0 aromatic rings. The zero-order valence-electron chi connectivity index (χ0n) is 10.0. The van der Waals surface area contributed by atoms with Crippen molar-refractivity contribution in [3.63, 3.8) is 0 Å². The van der Waals surface area contributed by atoms with Gasteiger partial charge in [-0.2, -0.15) is 0 Å². The fourth-order valence-electron chi connectivity index (χ4n) is 2.26. The summed E-state index contributed by atoms with van der Waals surface area (Å²) in [4.78, 5) is 0. The summed E-state index contributed by atoms with van der Waals surface area (Å²) in [5.41, 5.74) is -0.113. The standard InChI is InChI=1S/C11H23NO3/c1-4-15-11(5-7-14-8-6-11)10(12-2)9-13-3/h10,12H,4-9H2,1-3H3. The van der Waals surface area contributed by atoms with Gasteiger partial charge in [0.2, 0.25) is 0 Å². The van der Waals surface area contributed by atoms with E-state index in [-0.39, 0.29) is 11.6 Å². The van der Waals surface area contributed by atoms with Crippen LogP contribution in [0.25, 0.3) is 0 Å². The van der Waals surface area contributed by atoms with Gasteiger partial charge in [-0.1, -0.05) is 0 Å². The fourth-order valence-corrected chi connectivity index (χ4v) is 2.26. The normalized spacial score (nSPS) is 22.6. The van der Waals surface area contributed by atoms with E-state index in [0.29, 0.717) is 6.61 Å². The maximum absolute atomic E-state index is 5.95. The van der Waals surface area contributed by atoms with Crippen molar-refractivity contribution in [2.24, 2.45) is 0 Å². The van der Waals surface area contributed by atoms with Crippen molar-refractivity contribution in [1.82, 2.24) is 5.32 Å². The lowest BCUT2D eigenvalue weighted by atomic mass is 9.86. The van der Waals surface area contributed by atoms with Gasteiger partial charge in [-0.25, -0.2) is 0 Å². The van der Waals surface area contributed by atoms with Gasteiger partial charge in [-0.15, -0.1) is 0 Å². The summed E-state index contributed by atoms with van der Waals surface area (Å²) in [5.74, 6) is 0. The molecule has 1 unspecified atom stereocenters. The van der Waals surface area contributed by atoms with Gasteiger partial charge in [0.05, 0.1) is 18.2 Å². The Morgan fingerprint density at radius 2 is 2.07 bits per heavy atom. The molecule has 0 spiro atoms. The van der Waals surface area contributed by atoms with Crippen LogP contribution in [0.1, 0.15) is 19.8 Å². The van der Waals surface area contributed by atoms with Crippen LogP contribution < -0.4 is 5.32 Å². The maximum Gasteiger partial charge on any atom is 0.0900 e. The van der Waals surface area contributed by atoms with Crippen molar-refractivity contribution in [1.29, 1.82) is 0 Å². The van der Waals surface area contributed by atoms with Crippen LogP contribution in [0.2, 0.25) is 0 Å². The SMILES string of the molecule is CCOC1(C(COC)NC)CCOCC1. The zero-order valence-corrected chi connectivity index (χ0v) is 10.0. The van der Waals surface area contributed by atoms with Crippen LogP contribution in [-0.2, 0) is 14.2 Å². The number of hydrogen-bond acceptors (Lipinski definition) is 4. The van der Waals surface area contributed by atoms with Gasteiger partial charge in [-0.3, -0.25) is 0 Å². The highest BCUT2D eigenvalue weighted by Gasteiger charge is 2.40. The van der Waals surface area contributed by atoms with Gasteiger partial charge < -0.3 is 19.5 Å². The Morgan fingerprint density at radius 1 is 1.40 bits per heavy atom. The summed E-state index contributed by atoms with van der Waals surface area (Å²) in [7, 11) is 3.68. The van der Waals surface area contributed by atoms with Crippen molar-refractivity contribution in [3.8, 4) is 0 Å². The molecule has 1 atom stereocenters. The van der Waals surface area contributed by atoms with Crippen molar-refractivity contribution >= 4 is 0 Å². The third kappa shape index (κ3) is 3.14. The fraction of sp³-hybridized carbons (Fsp3) is 1.00. The van der Waals surface area contributed by atoms with Crippen LogP contribution in [0.3, 0.4) is 0 Å². The largest absolute Gasteiger partial charge is 0.383 e. The van der Waals surface area contributed by atoms with Gasteiger partial charge in [-0.05, 0) is 14.0 Å². The molecule has 1 N–H and O–H groups in total. The van der Waals surface area contributed by atoms with E-state index in [4.69, 9.17) is 14.2 Å². The van der Waals surface area contributed by atoms with E-state index in [1.165, 1.54) is 0 Å². The Morgan fingerprint density at radius 3 is 2.53 bits per heavy atom. The van der Waals surface area contributed by atoms with Crippen molar-refractivity contribution in [3.05, 3.63) is 0 Å². The molecule has 4 heteroatoms. The summed E-state index contributed by atoms with van der Waals surface area (Å²) in [6.45, 7) is 5.01. The van der Waals surface area contributed by atoms with Crippen LogP contribution in [0.15, 0.2) is 0 Å². The molecule has 1 aliphatic rings. The first-order valence-corrected chi connectivity index (χ1v) is 5.67. The van der Waals surface area contributed by atoms with E-state index in [1.54, 1.807) is 7.11 Å². The summed E-state index contributed by atoms with van der Waals surface area (Å²) < 4.78 is 16.6. The molecule has 0 aromatic carbocycles. The highest BCUT2D eigenvalue weighted by Crippen LogP contribution is 2.29. The van der Waals surface area contributed by atoms with Crippen molar-refractivity contribution < 1.29 is 14.2 Å². The highest BCUT2D eigenvalue weighted by atomic mass is 16.5. The molecule has 0 saturated carbocycles. The Labute approximate surface area is 92.3 Å². The van der Waals surface area contributed by atoms with Crippen LogP contribution in [0, 0.1) is 0 Å². The molecule has 0 amide bonds. The van der Waals surface area contributed by atoms with E-state index in [9.17, 15) is 0 Å². The van der Waals surface area contributed by atoms with Crippen LogP contribution >= 0.6 is 0 Å². The van der Waals surface area contributed by atoms with Gasteiger partial charge in [0.15, 0.2) is 0 Å². The van der Waals surface area contributed by atoms with Crippen LogP contribution in [0.4, 0.5) is 0 Å². The smallest absolute Gasteiger partial charge is 0.0900 e. The zero-order chi connectivity index (χ0) is 11.1. The molecule has 1 fully saturated rings. The summed E-state index contributed by atoms with van der Waals surface area (Å²) in [5, 5.41) is 3.29. The van der Waals surface area contributed by atoms with E-state index in [2.05, 4.69) is 5.32 Å². The minimum absolute atomic E-state index is 0.113. The lowest BCUT2D eigenvalue weighted by molar-refractivity contribution is -0.134. The number of likely N-dealkylation sites (N-methyl/N-ethyl adjacent to an activating group) is 1. The van der Waals surface area contributed by atoms with Crippen molar-refractivity contribution in [2.45, 2.75) is 31.4 Å². The van der Waals surface area contributed by atoms with E-state index in [1.807, 2.05) is 14.0 Å². The second-order valence-corrected chi connectivity index (χ2v) is 3.91. The predicted octanol–water partition coefficient (Wildman–Crippen LogP) is 0.806. The Hall–Kier alpha value is -0.160. The molecule has 0 aliphatic carbocycles. The van der Waals surface area contributed by atoms with Gasteiger partial charge >= 0.3 is 0 Å². The molecule has 4 nitrogen and oxygen atoms in total. The molecular formula is C11H23NO3. The lowest BCUT2D eigenvalue weighted by Gasteiger charge is -2.42. The second-order valence-electron chi connectivity index (χ2n) is 3.91. The first-order chi connectivity index (χ1) is 7.29. The molecule has 0 aromatic heterocycles. The molecule has 1 aliphatic heterocycles. The van der Waals surface area contributed by atoms with Crippen LogP contribution in [-0.4, -0.2) is 52.2 Å². The molecule has 1 rings (SSSR count). The lowest BCUT2D eigenvalue weighted by Crippen LogP contribution is -2.56. The minimum Gasteiger partial charge on any atom is -0.383 e. The van der Waals surface area contributed by atoms with Gasteiger partial charge in [0.1, 0.15) is 0 Å². The van der Waals surface area contributed by atoms with E-state index < -0.39 is 0 Å².